The van der Waals surface area contributed by atoms with E-state index >= 15 is 0 Å². The summed E-state index contributed by atoms with van der Waals surface area (Å²) < 4.78 is 11.2. The summed E-state index contributed by atoms with van der Waals surface area (Å²) in [5.74, 6) is 2.16. The maximum atomic E-state index is 12.4. The van der Waals surface area contributed by atoms with Gasteiger partial charge in [0.05, 0.1) is 13.2 Å². The molecule has 3 heteroatoms. The highest BCUT2D eigenvalue weighted by molar-refractivity contribution is 5.98. The Kier molecular flexibility index (Phi) is 7.27. The quantitative estimate of drug-likeness (QED) is 0.613. The Morgan fingerprint density at radius 2 is 1.67 bits per heavy atom. The zero-order valence-electron chi connectivity index (χ0n) is 14.0. The first-order chi connectivity index (χ1) is 10.0. The summed E-state index contributed by atoms with van der Waals surface area (Å²) in [4.78, 5) is 12.4. The van der Waals surface area contributed by atoms with Crippen LogP contribution in [0.25, 0.3) is 0 Å². The molecular weight excluding hydrogens is 264 g/mol. The van der Waals surface area contributed by atoms with Crippen molar-refractivity contribution in [1.82, 2.24) is 0 Å². The third-order valence-corrected chi connectivity index (χ3v) is 3.75. The zero-order valence-corrected chi connectivity index (χ0v) is 14.0. The predicted molar refractivity (Wildman–Crippen MR) is 86.5 cm³/mol. The van der Waals surface area contributed by atoms with Crippen LogP contribution >= 0.6 is 0 Å². The van der Waals surface area contributed by atoms with Crippen LogP contribution in [0.3, 0.4) is 0 Å². The lowest BCUT2D eigenvalue weighted by Crippen LogP contribution is -2.07. The topological polar surface area (TPSA) is 35.5 Å². The third kappa shape index (κ3) is 5.07. The number of ketones is 1. The van der Waals surface area contributed by atoms with Crippen LogP contribution in [0, 0.1) is 12.8 Å². The van der Waals surface area contributed by atoms with E-state index in [1.54, 1.807) is 0 Å². The summed E-state index contributed by atoms with van der Waals surface area (Å²) >= 11 is 0. The number of carbonyl (C=O) groups excluding carboxylic acids is 1. The van der Waals surface area contributed by atoms with Crippen molar-refractivity contribution in [3.05, 3.63) is 23.3 Å². The van der Waals surface area contributed by atoms with Gasteiger partial charge in [-0.1, -0.05) is 20.3 Å². The molecule has 3 nitrogen and oxygen atoms in total. The first-order valence-corrected chi connectivity index (χ1v) is 7.96. The van der Waals surface area contributed by atoms with Crippen LogP contribution in [-0.2, 0) is 0 Å². The highest BCUT2D eigenvalue weighted by atomic mass is 16.5. The minimum Gasteiger partial charge on any atom is -0.490 e. The first kappa shape index (κ1) is 17.5. The second-order valence-corrected chi connectivity index (χ2v) is 5.46. The number of hydrogen-bond donors (Lipinski definition) is 0. The summed E-state index contributed by atoms with van der Waals surface area (Å²) in [5, 5.41) is 0. The molecule has 0 spiro atoms. The number of benzene rings is 1. The predicted octanol–water partition coefficient (Wildman–Crippen LogP) is 4.80. The minimum atomic E-state index is 0.191. The molecule has 0 aliphatic rings. The second kappa shape index (κ2) is 8.71. The van der Waals surface area contributed by atoms with Gasteiger partial charge in [-0.05, 0) is 50.8 Å². The van der Waals surface area contributed by atoms with Gasteiger partial charge in [-0.15, -0.1) is 0 Å². The van der Waals surface area contributed by atoms with Gasteiger partial charge in [0.1, 0.15) is 0 Å². The Hall–Kier alpha value is -1.51. The van der Waals surface area contributed by atoms with Gasteiger partial charge >= 0.3 is 0 Å². The van der Waals surface area contributed by atoms with Gasteiger partial charge in [0, 0.05) is 12.0 Å². The molecule has 0 saturated carbocycles. The van der Waals surface area contributed by atoms with Gasteiger partial charge in [-0.3, -0.25) is 4.79 Å². The van der Waals surface area contributed by atoms with Crippen LogP contribution in [0.1, 0.15) is 62.9 Å². The molecule has 1 atom stereocenters. The van der Waals surface area contributed by atoms with Gasteiger partial charge in [-0.25, -0.2) is 0 Å². The molecular formula is C18H28O3. The minimum absolute atomic E-state index is 0.191. The highest BCUT2D eigenvalue weighted by Crippen LogP contribution is 2.32. The van der Waals surface area contributed by atoms with Crippen molar-refractivity contribution < 1.29 is 14.3 Å². The summed E-state index contributed by atoms with van der Waals surface area (Å²) in [6.07, 6.45) is 2.64. The van der Waals surface area contributed by atoms with E-state index in [4.69, 9.17) is 9.47 Å². The van der Waals surface area contributed by atoms with Crippen molar-refractivity contribution in [2.24, 2.45) is 5.92 Å². The molecule has 0 aliphatic carbocycles. The van der Waals surface area contributed by atoms with Crippen LogP contribution in [0.2, 0.25) is 0 Å². The van der Waals surface area contributed by atoms with E-state index in [0.29, 0.717) is 31.3 Å². The van der Waals surface area contributed by atoms with Crippen LogP contribution in [0.4, 0.5) is 0 Å². The number of aryl methyl sites for hydroxylation is 1. The molecule has 1 aromatic rings. The van der Waals surface area contributed by atoms with Gasteiger partial charge < -0.3 is 9.47 Å². The second-order valence-electron chi connectivity index (χ2n) is 5.46. The Balaban J connectivity index is 2.95. The van der Waals surface area contributed by atoms with Crippen molar-refractivity contribution in [2.75, 3.05) is 13.2 Å². The summed E-state index contributed by atoms with van der Waals surface area (Å²) in [7, 11) is 0. The average molecular weight is 292 g/mol. The number of hydrogen-bond acceptors (Lipinski definition) is 3. The van der Waals surface area contributed by atoms with E-state index in [0.717, 1.165) is 29.7 Å². The fraction of sp³-hybridized carbons (Fsp3) is 0.611. The largest absolute Gasteiger partial charge is 0.490 e. The average Bonchev–Trinajstić information content (AvgIpc) is 2.47. The van der Waals surface area contributed by atoms with Crippen molar-refractivity contribution in [2.45, 2.75) is 53.9 Å². The molecule has 0 saturated heterocycles. The fourth-order valence-electron chi connectivity index (χ4n) is 2.21. The lowest BCUT2D eigenvalue weighted by atomic mass is 9.96. The van der Waals surface area contributed by atoms with Crippen molar-refractivity contribution >= 4 is 5.78 Å². The Morgan fingerprint density at radius 1 is 1.10 bits per heavy atom. The molecule has 1 rings (SSSR count). The molecule has 118 valence electrons. The Bertz CT molecular complexity index is 466. The van der Waals surface area contributed by atoms with Gasteiger partial charge in [0.25, 0.3) is 0 Å². The summed E-state index contributed by atoms with van der Waals surface area (Å²) in [6.45, 7) is 11.3. The molecule has 0 heterocycles. The SMILES string of the molecule is CCOc1cc(C)c(C(=O)CCC(C)CC)cc1OCC. The number of rotatable bonds is 9. The standard InChI is InChI=1S/C18H28O3/c1-6-13(4)9-10-16(19)15-12-18(21-8-3)17(20-7-2)11-14(15)5/h11-13H,6-10H2,1-5H3. The van der Waals surface area contributed by atoms with E-state index in [9.17, 15) is 4.79 Å². The van der Waals surface area contributed by atoms with Crippen LogP contribution < -0.4 is 9.47 Å². The molecule has 0 amide bonds. The lowest BCUT2D eigenvalue weighted by Gasteiger charge is -2.15. The normalized spacial score (nSPS) is 12.0. The van der Waals surface area contributed by atoms with E-state index in [-0.39, 0.29) is 5.78 Å². The molecule has 0 aliphatic heterocycles. The molecule has 1 aromatic carbocycles. The van der Waals surface area contributed by atoms with E-state index in [1.807, 2.05) is 32.9 Å². The van der Waals surface area contributed by atoms with Crippen LogP contribution in [0.5, 0.6) is 11.5 Å². The maximum Gasteiger partial charge on any atom is 0.163 e. The Morgan fingerprint density at radius 3 is 2.19 bits per heavy atom. The molecule has 21 heavy (non-hydrogen) atoms. The summed E-state index contributed by atoms with van der Waals surface area (Å²) in [6, 6.07) is 3.74. The van der Waals surface area contributed by atoms with E-state index in [1.165, 1.54) is 0 Å². The van der Waals surface area contributed by atoms with Gasteiger partial charge in [0.2, 0.25) is 0 Å². The van der Waals surface area contributed by atoms with Crippen LogP contribution in [-0.4, -0.2) is 19.0 Å². The summed E-state index contributed by atoms with van der Waals surface area (Å²) in [5.41, 5.74) is 1.71. The number of Topliss-reactive ketones (excluding diaryl/α,β-unsaturated/α-hetero) is 1. The number of ether oxygens (including phenoxy) is 2. The molecule has 0 N–H and O–H groups in total. The fourth-order valence-corrected chi connectivity index (χ4v) is 2.21. The van der Waals surface area contributed by atoms with Gasteiger partial charge in [-0.2, -0.15) is 0 Å². The number of carbonyl (C=O) groups is 1. The smallest absolute Gasteiger partial charge is 0.163 e. The molecule has 0 bridgehead atoms. The van der Waals surface area contributed by atoms with Crippen molar-refractivity contribution in [3.8, 4) is 11.5 Å². The van der Waals surface area contributed by atoms with Crippen molar-refractivity contribution in [3.63, 3.8) is 0 Å². The van der Waals surface area contributed by atoms with Crippen molar-refractivity contribution in [1.29, 1.82) is 0 Å². The zero-order chi connectivity index (χ0) is 15.8. The Labute approximate surface area is 128 Å². The molecule has 0 aromatic heterocycles. The monoisotopic (exact) mass is 292 g/mol. The van der Waals surface area contributed by atoms with Gasteiger partial charge in [0.15, 0.2) is 17.3 Å². The van der Waals surface area contributed by atoms with E-state index < -0.39 is 0 Å². The molecule has 0 radical (unpaired) electrons. The first-order valence-electron chi connectivity index (χ1n) is 7.96. The lowest BCUT2D eigenvalue weighted by molar-refractivity contribution is 0.0973. The van der Waals surface area contributed by atoms with E-state index in [2.05, 4.69) is 13.8 Å². The third-order valence-electron chi connectivity index (χ3n) is 3.75. The highest BCUT2D eigenvalue weighted by Gasteiger charge is 2.15. The molecule has 0 fully saturated rings. The molecule has 1 unspecified atom stereocenters. The maximum absolute atomic E-state index is 12.4. The van der Waals surface area contributed by atoms with Crippen LogP contribution in [0.15, 0.2) is 12.1 Å².